The zero-order valence-electron chi connectivity index (χ0n) is 9.96. The third-order valence-corrected chi connectivity index (χ3v) is 2.63. The number of nitrogens with zero attached hydrogens (tertiary/aromatic N) is 3. The van der Waals surface area contributed by atoms with Crippen LogP contribution in [0.1, 0.15) is 5.69 Å². The van der Waals surface area contributed by atoms with Crippen molar-refractivity contribution >= 4 is 22.5 Å². The van der Waals surface area contributed by atoms with Crippen LogP contribution >= 0.6 is 0 Å². The van der Waals surface area contributed by atoms with E-state index in [2.05, 4.69) is 20.3 Å². The zero-order chi connectivity index (χ0) is 12.4. The summed E-state index contributed by atoms with van der Waals surface area (Å²) >= 11 is 0. The predicted molar refractivity (Wildman–Crippen MR) is 71.8 cm³/mol. The van der Waals surface area contributed by atoms with Crippen LogP contribution in [0.25, 0.3) is 11.0 Å². The molecule has 0 saturated heterocycles. The maximum absolute atomic E-state index is 4.52. The fourth-order valence-electron chi connectivity index (χ4n) is 1.76. The second kappa shape index (κ2) is 4.41. The number of anilines is 2. The standard InChI is InChI=1S/C14H12N4/c1-10-2-3-13-12(16-10)4-5-14(18-13)17-11-6-8-15-9-7-11/h2-9H,1H3,(H,15,17,18). The Bertz CT molecular complexity index is 680. The minimum absolute atomic E-state index is 0.805. The van der Waals surface area contributed by atoms with Gasteiger partial charge in [-0.05, 0) is 43.3 Å². The lowest BCUT2D eigenvalue weighted by atomic mass is 10.3. The maximum Gasteiger partial charge on any atom is 0.131 e. The third-order valence-electron chi connectivity index (χ3n) is 2.63. The van der Waals surface area contributed by atoms with Gasteiger partial charge >= 0.3 is 0 Å². The molecule has 4 nitrogen and oxygen atoms in total. The molecule has 0 saturated carbocycles. The Labute approximate surface area is 105 Å². The summed E-state index contributed by atoms with van der Waals surface area (Å²) < 4.78 is 0. The fraction of sp³-hybridized carbons (Fsp3) is 0.0714. The van der Waals surface area contributed by atoms with E-state index in [1.807, 2.05) is 43.3 Å². The number of fused-ring (bicyclic) bond motifs is 1. The molecule has 0 unspecified atom stereocenters. The van der Waals surface area contributed by atoms with E-state index in [-0.39, 0.29) is 0 Å². The SMILES string of the molecule is Cc1ccc2nc(Nc3ccncc3)ccc2n1. The number of hydrogen-bond donors (Lipinski definition) is 1. The summed E-state index contributed by atoms with van der Waals surface area (Å²) in [6.07, 6.45) is 3.49. The minimum atomic E-state index is 0.805. The summed E-state index contributed by atoms with van der Waals surface area (Å²) in [5, 5.41) is 3.23. The van der Waals surface area contributed by atoms with Crippen molar-refractivity contribution < 1.29 is 0 Å². The van der Waals surface area contributed by atoms with E-state index in [9.17, 15) is 0 Å². The van der Waals surface area contributed by atoms with E-state index in [1.165, 1.54) is 0 Å². The van der Waals surface area contributed by atoms with Crippen molar-refractivity contribution in [2.45, 2.75) is 6.92 Å². The molecule has 0 aliphatic rings. The van der Waals surface area contributed by atoms with Crippen LogP contribution in [0.5, 0.6) is 0 Å². The number of pyridine rings is 3. The summed E-state index contributed by atoms with van der Waals surface area (Å²) in [5.74, 6) is 0.805. The van der Waals surface area contributed by atoms with E-state index < -0.39 is 0 Å². The number of hydrogen-bond acceptors (Lipinski definition) is 4. The minimum Gasteiger partial charge on any atom is -0.340 e. The Balaban J connectivity index is 1.96. The highest BCUT2D eigenvalue weighted by atomic mass is 15.0. The van der Waals surface area contributed by atoms with Crippen LogP contribution in [0.3, 0.4) is 0 Å². The molecule has 0 aliphatic heterocycles. The van der Waals surface area contributed by atoms with Gasteiger partial charge in [-0.15, -0.1) is 0 Å². The van der Waals surface area contributed by atoms with Gasteiger partial charge < -0.3 is 5.32 Å². The molecule has 3 aromatic heterocycles. The van der Waals surface area contributed by atoms with Crippen LogP contribution in [0, 0.1) is 6.92 Å². The van der Waals surface area contributed by atoms with Crippen LogP contribution < -0.4 is 5.32 Å². The second-order valence-corrected chi connectivity index (χ2v) is 4.05. The summed E-state index contributed by atoms with van der Waals surface area (Å²) in [5.41, 5.74) is 3.77. The number of nitrogens with one attached hydrogen (secondary N) is 1. The Morgan fingerprint density at radius 1 is 0.833 bits per heavy atom. The highest BCUT2D eigenvalue weighted by molar-refractivity contribution is 5.77. The molecule has 3 heterocycles. The van der Waals surface area contributed by atoms with Crippen LogP contribution in [-0.2, 0) is 0 Å². The van der Waals surface area contributed by atoms with Crippen molar-refractivity contribution in [2.24, 2.45) is 0 Å². The van der Waals surface area contributed by atoms with E-state index in [4.69, 9.17) is 0 Å². The normalized spacial score (nSPS) is 10.5. The monoisotopic (exact) mass is 236 g/mol. The van der Waals surface area contributed by atoms with Crippen molar-refractivity contribution in [2.75, 3.05) is 5.32 Å². The highest BCUT2D eigenvalue weighted by Gasteiger charge is 2.00. The molecular formula is C14H12N4. The Hall–Kier alpha value is -2.49. The van der Waals surface area contributed by atoms with Gasteiger partial charge in [0.05, 0.1) is 11.0 Å². The maximum atomic E-state index is 4.52. The van der Waals surface area contributed by atoms with Crippen molar-refractivity contribution in [3.05, 3.63) is 54.5 Å². The first kappa shape index (κ1) is 10.7. The quantitative estimate of drug-likeness (QED) is 0.742. The van der Waals surface area contributed by atoms with Gasteiger partial charge in [-0.3, -0.25) is 9.97 Å². The highest BCUT2D eigenvalue weighted by Crippen LogP contribution is 2.17. The second-order valence-electron chi connectivity index (χ2n) is 4.05. The number of aryl methyl sites for hydroxylation is 1. The molecule has 0 aliphatic carbocycles. The van der Waals surface area contributed by atoms with Crippen molar-refractivity contribution in [1.29, 1.82) is 0 Å². The summed E-state index contributed by atoms with van der Waals surface area (Å²) in [4.78, 5) is 12.9. The van der Waals surface area contributed by atoms with Crippen LogP contribution in [-0.4, -0.2) is 15.0 Å². The van der Waals surface area contributed by atoms with Gasteiger partial charge in [0.25, 0.3) is 0 Å². The molecule has 1 N–H and O–H groups in total. The zero-order valence-corrected chi connectivity index (χ0v) is 9.96. The topological polar surface area (TPSA) is 50.7 Å². The molecule has 0 atom stereocenters. The molecule has 4 heteroatoms. The molecule has 0 amide bonds. The molecule has 18 heavy (non-hydrogen) atoms. The number of rotatable bonds is 2. The summed E-state index contributed by atoms with van der Waals surface area (Å²) in [7, 11) is 0. The molecule has 88 valence electrons. The molecule has 0 bridgehead atoms. The average molecular weight is 236 g/mol. The fourth-order valence-corrected chi connectivity index (χ4v) is 1.76. The van der Waals surface area contributed by atoms with Gasteiger partial charge in [-0.2, -0.15) is 0 Å². The van der Waals surface area contributed by atoms with Crippen molar-refractivity contribution in [1.82, 2.24) is 15.0 Å². The molecule has 0 radical (unpaired) electrons. The first-order valence-electron chi connectivity index (χ1n) is 5.73. The summed E-state index contributed by atoms with van der Waals surface area (Å²) in [6, 6.07) is 11.6. The third kappa shape index (κ3) is 2.13. The van der Waals surface area contributed by atoms with Crippen molar-refractivity contribution in [3.8, 4) is 0 Å². The smallest absolute Gasteiger partial charge is 0.131 e. The lowest BCUT2D eigenvalue weighted by Crippen LogP contribution is -1.94. The van der Waals surface area contributed by atoms with Gasteiger partial charge in [0.1, 0.15) is 5.82 Å². The van der Waals surface area contributed by atoms with Gasteiger partial charge in [0.2, 0.25) is 0 Å². The largest absolute Gasteiger partial charge is 0.340 e. The lowest BCUT2D eigenvalue weighted by Gasteiger charge is -2.06. The van der Waals surface area contributed by atoms with Gasteiger partial charge in [0.15, 0.2) is 0 Å². The van der Waals surface area contributed by atoms with Gasteiger partial charge in [-0.1, -0.05) is 0 Å². The van der Waals surface area contributed by atoms with E-state index >= 15 is 0 Å². The Kier molecular flexibility index (Phi) is 2.61. The molecule has 0 spiro atoms. The molecular weight excluding hydrogens is 224 g/mol. The van der Waals surface area contributed by atoms with E-state index in [1.54, 1.807) is 12.4 Å². The molecule has 0 aromatic carbocycles. The first-order valence-corrected chi connectivity index (χ1v) is 5.73. The Morgan fingerprint density at radius 3 is 2.39 bits per heavy atom. The molecule has 0 fully saturated rings. The molecule has 3 rings (SSSR count). The Morgan fingerprint density at radius 2 is 1.56 bits per heavy atom. The predicted octanol–water partition coefficient (Wildman–Crippen LogP) is 3.08. The van der Waals surface area contributed by atoms with Crippen molar-refractivity contribution in [3.63, 3.8) is 0 Å². The first-order chi connectivity index (χ1) is 8.81. The van der Waals surface area contributed by atoms with E-state index in [0.29, 0.717) is 0 Å². The summed E-state index contributed by atoms with van der Waals surface area (Å²) in [6.45, 7) is 1.97. The van der Waals surface area contributed by atoms with Gasteiger partial charge in [0, 0.05) is 23.8 Å². The van der Waals surface area contributed by atoms with E-state index in [0.717, 1.165) is 28.2 Å². The number of aromatic nitrogens is 3. The average Bonchev–Trinajstić information content (AvgIpc) is 2.40. The van der Waals surface area contributed by atoms with Gasteiger partial charge in [-0.25, -0.2) is 4.98 Å². The molecule has 3 aromatic rings. The van der Waals surface area contributed by atoms with Crippen LogP contribution in [0.2, 0.25) is 0 Å². The lowest BCUT2D eigenvalue weighted by molar-refractivity contribution is 1.23. The van der Waals surface area contributed by atoms with Crippen LogP contribution in [0.4, 0.5) is 11.5 Å². The van der Waals surface area contributed by atoms with Crippen LogP contribution in [0.15, 0.2) is 48.8 Å².